The Balaban J connectivity index is 2.12. The third-order valence-electron chi connectivity index (χ3n) is 2.82. The third kappa shape index (κ3) is 0.829. The number of hydrogen-bond acceptors (Lipinski definition) is 2. The summed E-state index contributed by atoms with van der Waals surface area (Å²) in [7, 11) is 0. The fraction of sp³-hybridized carbons (Fsp3) is 0.273. The molecule has 0 aromatic heterocycles. The van der Waals surface area contributed by atoms with E-state index >= 15 is 0 Å². The molecular weight excluding hydrogens is 162 g/mol. The van der Waals surface area contributed by atoms with E-state index in [1.54, 1.807) is 0 Å². The largest absolute Gasteiger partial charge is 0.488 e. The first-order chi connectivity index (χ1) is 6.41. The lowest BCUT2D eigenvalue weighted by atomic mass is 9.94. The highest BCUT2D eigenvalue weighted by molar-refractivity contribution is 5.59. The topological polar surface area (TPSA) is 21.3 Å². The first kappa shape index (κ1) is 7.01. The Morgan fingerprint density at radius 3 is 3.08 bits per heavy atom. The Morgan fingerprint density at radius 1 is 1.31 bits per heavy atom. The van der Waals surface area contributed by atoms with Crippen molar-refractivity contribution in [1.82, 2.24) is 0 Å². The number of para-hydroxylation sites is 1. The van der Waals surface area contributed by atoms with Crippen LogP contribution in [0.2, 0.25) is 0 Å². The number of hydrogen-bond donors (Lipinski definition) is 1. The molecule has 2 heteroatoms. The summed E-state index contributed by atoms with van der Waals surface area (Å²) in [5.74, 6) is 0. The minimum Gasteiger partial charge on any atom is -0.488 e. The normalized spacial score (nSPS) is 28.6. The summed E-state index contributed by atoms with van der Waals surface area (Å²) in [5.41, 5.74) is 2.41. The Morgan fingerprint density at radius 2 is 2.23 bits per heavy atom. The second-order valence-electron chi connectivity index (χ2n) is 3.59. The number of benzene rings is 1. The summed E-state index contributed by atoms with van der Waals surface area (Å²) in [6.45, 7) is 0.888. The molecule has 3 rings (SSSR count). The van der Waals surface area contributed by atoms with Gasteiger partial charge in [-0.15, -0.1) is 0 Å². The SMILES string of the molecule is C1=COC2(C1)CNc1ccccc12. The molecule has 13 heavy (non-hydrogen) atoms. The molecule has 1 unspecified atom stereocenters. The van der Waals surface area contributed by atoms with Crippen LogP contribution < -0.4 is 5.32 Å². The van der Waals surface area contributed by atoms with E-state index in [4.69, 9.17) is 4.74 Å². The van der Waals surface area contributed by atoms with Crippen LogP contribution in [0.3, 0.4) is 0 Å². The minimum atomic E-state index is -0.101. The molecule has 1 aromatic rings. The molecule has 0 fully saturated rings. The van der Waals surface area contributed by atoms with Gasteiger partial charge in [0.15, 0.2) is 5.60 Å². The fourth-order valence-corrected chi connectivity index (χ4v) is 2.12. The van der Waals surface area contributed by atoms with E-state index in [1.165, 1.54) is 11.3 Å². The molecule has 0 amide bonds. The number of fused-ring (bicyclic) bond motifs is 2. The van der Waals surface area contributed by atoms with Crippen LogP contribution in [0.1, 0.15) is 12.0 Å². The van der Waals surface area contributed by atoms with Gasteiger partial charge in [-0.2, -0.15) is 0 Å². The number of ether oxygens (including phenoxy) is 1. The van der Waals surface area contributed by atoms with Gasteiger partial charge in [0.1, 0.15) is 0 Å². The molecule has 1 N–H and O–H groups in total. The number of nitrogens with one attached hydrogen (secondary N) is 1. The van der Waals surface area contributed by atoms with Gasteiger partial charge in [-0.25, -0.2) is 0 Å². The van der Waals surface area contributed by atoms with Crippen molar-refractivity contribution in [3.05, 3.63) is 42.2 Å². The van der Waals surface area contributed by atoms with Gasteiger partial charge >= 0.3 is 0 Å². The van der Waals surface area contributed by atoms with E-state index in [2.05, 4.69) is 29.6 Å². The monoisotopic (exact) mass is 173 g/mol. The molecule has 0 radical (unpaired) electrons. The zero-order valence-electron chi connectivity index (χ0n) is 7.29. The van der Waals surface area contributed by atoms with Gasteiger partial charge in [0, 0.05) is 17.7 Å². The van der Waals surface area contributed by atoms with Crippen molar-refractivity contribution >= 4 is 5.69 Å². The average Bonchev–Trinajstić information content (AvgIpc) is 2.78. The molecule has 1 spiro atoms. The lowest BCUT2D eigenvalue weighted by Crippen LogP contribution is -2.26. The van der Waals surface area contributed by atoms with Crippen molar-refractivity contribution in [3.63, 3.8) is 0 Å². The van der Waals surface area contributed by atoms with Crippen molar-refractivity contribution in [2.75, 3.05) is 11.9 Å². The van der Waals surface area contributed by atoms with Crippen molar-refractivity contribution in [2.45, 2.75) is 12.0 Å². The lowest BCUT2D eigenvalue weighted by molar-refractivity contribution is 0.0618. The molecule has 0 aliphatic carbocycles. The molecule has 2 aliphatic heterocycles. The summed E-state index contributed by atoms with van der Waals surface area (Å²) in [4.78, 5) is 0. The molecule has 2 nitrogen and oxygen atoms in total. The zero-order valence-corrected chi connectivity index (χ0v) is 7.29. The van der Waals surface area contributed by atoms with Gasteiger partial charge in [-0.1, -0.05) is 18.2 Å². The Labute approximate surface area is 77.2 Å². The van der Waals surface area contributed by atoms with E-state index in [9.17, 15) is 0 Å². The molecular formula is C11H11NO. The smallest absolute Gasteiger partial charge is 0.156 e. The zero-order chi connectivity index (χ0) is 8.73. The number of rotatable bonds is 0. The third-order valence-corrected chi connectivity index (χ3v) is 2.82. The Bertz CT molecular complexity index is 362. The maximum atomic E-state index is 5.68. The molecule has 1 atom stereocenters. The summed E-state index contributed by atoms with van der Waals surface area (Å²) in [6.07, 6.45) is 4.88. The van der Waals surface area contributed by atoms with Gasteiger partial charge in [0.2, 0.25) is 0 Å². The fourth-order valence-electron chi connectivity index (χ4n) is 2.12. The average molecular weight is 173 g/mol. The predicted molar refractivity (Wildman–Crippen MR) is 51.5 cm³/mol. The second-order valence-corrected chi connectivity index (χ2v) is 3.59. The van der Waals surface area contributed by atoms with Crippen molar-refractivity contribution in [1.29, 1.82) is 0 Å². The summed E-state index contributed by atoms with van der Waals surface area (Å²) < 4.78 is 5.68. The van der Waals surface area contributed by atoms with E-state index in [-0.39, 0.29) is 5.60 Å². The molecule has 66 valence electrons. The van der Waals surface area contributed by atoms with Crippen LogP contribution in [0, 0.1) is 0 Å². The van der Waals surface area contributed by atoms with Gasteiger partial charge in [-0.3, -0.25) is 0 Å². The highest BCUT2D eigenvalue weighted by Crippen LogP contribution is 2.42. The lowest BCUT2D eigenvalue weighted by Gasteiger charge is -2.22. The standard InChI is InChI=1S/C11H11NO/c1-2-5-10-9(4-1)11(8-12-10)6-3-7-13-11/h1-5,7,12H,6,8H2. The summed E-state index contributed by atoms with van der Waals surface area (Å²) >= 11 is 0. The number of anilines is 1. The van der Waals surface area contributed by atoms with Crippen LogP contribution in [-0.4, -0.2) is 6.54 Å². The van der Waals surface area contributed by atoms with Gasteiger partial charge in [0.05, 0.1) is 12.8 Å². The van der Waals surface area contributed by atoms with Crippen LogP contribution >= 0.6 is 0 Å². The van der Waals surface area contributed by atoms with E-state index < -0.39 is 0 Å². The minimum absolute atomic E-state index is 0.101. The van der Waals surface area contributed by atoms with Gasteiger partial charge in [0.25, 0.3) is 0 Å². The van der Waals surface area contributed by atoms with Crippen LogP contribution in [0.4, 0.5) is 5.69 Å². The van der Waals surface area contributed by atoms with Crippen molar-refractivity contribution in [3.8, 4) is 0 Å². The Hall–Kier alpha value is -1.44. The Kier molecular flexibility index (Phi) is 1.23. The quantitative estimate of drug-likeness (QED) is 0.649. The highest BCUT2D eigenvalue weighted by atomic mass is 16.5. The molecule has 2 aliphatic rings. The first-order valence-electron chi connectivity index (χ1n) is 4.57. The van der Waals surface area contributed by atoms with Crippen LogP contribution in [0.15, 0.2) is 36.6 Å². The van der Waals surface area contributed by atoms with Crippen molar-refractivity contribution < 1.29 is 4.74 Å². The van der Waals surface area contributed by atoms with Gasteiger partial charge < -0.3 is 10.1 Å². The van der Waals surface area contributed by atoms with Crippen LogP contribution in [-0.2, 0) is 10.3 Å². The maximum Gasteiger partial charge on any atom is 0.156 e. The highest BCUT2D eigenvalue weighted by Gasteiger charge is 2.41. The summed E-state index contributed by atoms with van der Waals surface area (Å²) in [6, 6.07) is 8.36. The van der Waals surface area contributed by atoms with Crippen molar-refractivity contribution in [2.24, 2.45) is 0 Å². The van der Waals surface area contributed by atoms with Crippen LogP contribution in [0.25, 0.3) is 0 Å². The second kappa shape index (κ2) is 2.28. The molecule has 0 bridgehead atoms. The molecule has 1 aromatic carbocycles. The molecule has 0 saturated heterocycles. The first-order valence-corrected chi connectivity index (χ1v) is 4.57. The van der Waals surface area contributed by atoms with E-state index in [0.29, 0.717) is 0 Å². The predicted octanol–water partition coefficient (Wildman–Crippen LogP) is 2.24. The van der Waals surface area contributed by atoms with Crippen LogP contribution in [0.5, 0.6) is 0 Å². The van der Waals surface area contributed by atoms with Gasteiger partial charge in [-0.05, 0) is 12.1 Å². The van der Waals surface area contributed by atoms with E-state index in [0.717, 1.165) is 13.0 Å². The molecule has 0 saturated carbocycles. The summed E-state index contributed by atoms with van der Waals surface area (Å²) in [5, 5.41) is 3.37. The maximum absolute atomic E-state index is 5.68. The van der Waals surface area contributed by atoms with E-state index in [1.807, 2.05) is 12.3 Å². The molecule has 2 heterocycles.